The molecule has 0 aliphatic heterocycles. The summed E-state index contributed by atoms with van der Waals surface area (Å²) in [5, 5.41) is 0.694. The van der Waals surface area contributed by atoms with Crippen molar-refractivity contribution in [3.8, 4) is 0 Å². The van der Waals surface area contributed by atoms with Gasteiger partial charge in [-0.3, -0.25) is 0 Å². The zero-order valence-electron chi connectivity index (χ0n) is 8.58. The van der Waals surface area contributed by atoms with Crippen LogP contribution in [0.2, 0.25) is 5.02 Å². The molecule has 0 saturated heterocycles. The lowest BCUT2D eigenvalue weighted by Crippen LogP contribution is -2.09. The SMILES string of the molecule is O=CCC(c1ccc(Cl)cc1)n1ccnc1. The Labute approximate surface area is 98.7 Å². The van der Waals surface area contributed by atoms with Gasteiger partial charge in [0.2, 0.25) is 0 Å². The Hall–Kier alpha value is -1.61. The smallest absolute Gasteiger partial charge is 0.122 e. The Morgan fingerprint density at radius 2 is 2.12 bits per heavy atom. The van der Waals surface area contributed by atoms with E-state index in [1.807, 2.05) is 35.0 Å². The number of carbonyl (C=O) groups is 1. The number of hydrogen-bond donors (Lipinski definition) is 0. The summed E-state index contributed by atoms with van der Waals surface area (Å²) in [5.74, 6) is 0. The van der Waals surface area contributed by atoms with Crippen LogP contribution in [-0.4, -0.2) is 15.8 Å². The predicted molar refractivity (Wildman–Crippen MR) is 62.5 cm³/mol. The van der Waals surface area contributed by atoms with Gasteiger partial charge in [0.15, 0.2) is 0 Å². The first kappa shape index (κ1) is 10.9. The molecule has 0 N–H and O–H groups in total. The van der Waals surface area contributed by atoms with E-state index >= 15 is 0 Å². The van der Waals surface area contributed by atoms with E-state index in [-0.39, 0.29) is 6.04 Å². The molecule has 16 heavy (non-hydrogen) atoms. The largest absolute Gasteiger partial charge is 0.330 e. The summed E-state index contributed by atoms with van der Waals surface area (Å²) in [6, 6.07) is 7.50. The fourth-order valence-corrected chi connectivity index (χ4v) is 1.79. The zero-order valence-corrected chi connectivity index (χ0v) is 9.34. The Morgan fingerprint density at radius 3 is 2.69 bits per heavy atom. The first-order chi connectivity index (χ1) is 7.81. The quantitative estimate of drug-likeness (QED) is 0.763. The predicted octanol–water partition coefficient (Wildman–Crippen LogP) is 2.71. The van der Waals surface area contributed by atoms with Gasteiger partial charge in [-0.2, -0.15) is 0 Å². The first-order valence-electron chi connectivity index (χ1n) is 4.98. The Bertz CT molecular complexity index is 450. The average molecular weight is 235 g/mol. The van der Waals surface area contributed by atoms with E-state index in [2.05, 4.69) is 4.98 Å². The van der Waals surface area contributed by atoms with Gasteiger partial charge >= 0.3 is 0 Å². The molecule has 1 unspecified atom stereocenters. The number of aromatic nitrogens is 2. The molecule has 0 aliphatic rings. The van der Waals surface area contributed by atoms with Crippen molar-refractivity contribution < 1.29 is 4.79 Å². The summed E-state index contributed by atoms with van der Waals surface area (Å²) < 4.78 is 1.91. The summed E-state index contributed by atoms with van der Waals surface area (Å²) in [7, 11) is 0. The fourth-order valence-electron chi connectivity index (χ4n) is 1.66. The number of aldehydes is 1. The summed E-state index contributed by atoms with van der Waals surface area (Å²) in [4.78, 5) is 14.7. The highest BCUT2D eigenvalue weighted by molar-refractivity contribution is 6.30. The van der Waals surface area contributed by atoms with Gasteiger partial charge in [0.25, 0.3) is 0 Å². The van der Waals surface area contributed by atoms with Crippen molar-refractivity contribution in [1.29, 1.82) is 0 Å². The minimum absolute atomic E-state index is 0.00253. The molecule has 1 aromatic heterocycles. The standard InChI is InChI=1S/C12H11ClN2O/c13-11-3-1-10(2-4-11)12(5-8-16)15-7-6-14-9-15/h1-4,6-9,12H,5H2. The Kier molecular flexibility index (Phi) is 3.37. The third kappa shape index (κ3) is 2.31. The molecule has 0 saturated carbocycles. The molecule has 0 fully saturated rings. The normalized spacial score (nSPS) is 12.3. The minimum atomic E-state index is -0.00253. The fraction of sp³-hybridized carbons (Fsp3) is 0.167. The van der Waals surface area contributed by atoms with E-state index in [0.717, 1.165) is 11.8 Å². The highest BCUT2D eigenvalue weighted by Gasteiger charge is 2.12. The van der Waals surface area contributed by atoms with Crippen molar-refractivity contribution >= 4 is 17.9 Å². The molecule has 0 amide bonds. The highest BCUT2D eigenvalue weighted by atomic mass is 35.5. The van der Waals surface area contributed by atoms with Crippen molar-refractivity contribution in [2.75, 3.05) is 0 Å². The van der Waals surface area contributed by atoms with Crippen LogP contribution in [0.15, 0.2) is 43.0 Å². The third-order valence-corrected chi connectivity index (χ3v) is 2.71. The molecular weight excluding hydrogens is 224 g/mol. The van der Waals surface area contributed by atoms with Crippen molar-refractivity contribution in [3.05, 3.63) is 53.6 Å². The molecule has 2 rings (SSSR count). The topological polar surface area (TPSA) is 34.9 Å². The van der Waals surface area contributed by atoms with Gasteiger partial charge in [-0.1, -0.05) is 23.7 Å². The van der Waals surface area contributed by atoms with E-state index in [4.69, 9.17) is 11.6 Å². The molecule has 0 aliphatic carbocycles. The first-order valence-corrected chi connectivity index (χ1v) is 5.35. The van der Waals surface area contributed by atoms with Gasteiger partial charge in [-0.25, -0.2) is 4.98 Å². The van der Waals surface area contributed by atoms with E-state index in [1.54, 1.807) is 12.5 Å². The Morgan fingerprint density at radius 1 is 1.38 bits per heavy atom. The molecule has 0 radical (unpaired) electrons. The maximum Gasteiger partial charge on any atom is 0.122 e. The number of nitrogens with zero attached hydrogens (tertiary/aromatic N) is 2. The second-order valence-electron chi connectivity index (χ2n) is 3.48. The van der Waals surface area contributed by atoms with Crippen LogP contribution < -0.4 is 0 Å². The molecule has 2 aromatic rings. The molecule has 1 heterocycles. The Balaban J connectivity index is 2.32. The van der Waals surface area contributed by atoms with Crippen LogP contribution >= 0.6 is 11.6 Å². The molecule has 1 aromatic carbocycles. The van der Waals surface area contributed by atoms with Crippen molar-refractivity contribution in [2.24, 2.45) is 0 Å². The van der Waals surface area contributed by atoms with Crippen LogP contribution in [0, 0.1) is 0 Å². The summed E-state index contributed by atoms with van der Waals surface area (Å²) in [6.07, 6.45) is 6.61. The maximum atomic E-state index is 10.7. The van der Waals surface area contributed by atoms with E-state index in [9.17, 15) is 4.79 Å². The number of carbonyl (C=O) groups excluding carboxylic acids is 1. The van der Waals surface area contributed by atoms with Crippen LogP contribution in [0.3, 0.4) is 0 Å². The number of benzene rings is 1. The molecule has 3 nitrogen and oxygen atoms in total. The van der Waals surface area contributed by atoms with Crippen LogP contribution in [-0.2, 0) is 4.79 Å². The molecule has 0 spiro atoms. The lowest BCUT2D eigenvalue weighted by Gasteiger charge is -2.16. The lowest BCUT2D eigenvalue weighted by atomic mass is 10.0. The second kappa shape index (κ2) is 4.94. The number of hydrogen-bond acceptors (Lipinski definition) is 2. The molecule has 1 atom stereocenters. The summed E-state index contributed by atoms with van der Waals surface area (Å²) in [6.45, 7) is 0. The van der Waals surface area contributed by atoms with Crippen LogP contribution in [0.1, 0.15) is 18.0 Å². The summed E-state index contributed by atoms with van der Waals surface area (Å²) >= 11 is 5.83. The van der Waals surface area contributed by atoms with Gasteiger partial charge in [0.1, 0.15) is 6.29 Å². The number of rotatable bonds is 4. The maximum absolute atomic E-state index is 10.7. The van der Waals surface area contributed by atoms with Crippen molar-refractivity contribution in [2.45, 2.75) is 12.5 Å². The lowest BCUT2D eigenvalue weighted by molar-refractivity contribution is -0.108. The molecule has 0 bridgehead atoms. The van der Waals surface area contributed by atoms with Gasteiger partial charge in [0.05, 0.1) is 12.4 Å². The van der Waals surface area contributed by atoms with Gasteiger partial charge in [-0.05, 0) is 17.7 Å². The summed E-state index contributed by atoms with van der Waals surface area (Å²) in [5.41, 5.74) is 1.05. The average Bonchev–Trinajstić information content (AvgIpc) is 2.81. The molecular formula is C12H11ClN2O. The monoisotopic (exact) mass is 234 g/mol. The highest BCUT2D eigenvalue weighted by Crippen LogP contribution is 2.22. The third-order valence-electron chi connectivity index (χ3n) is 2.46. The van der Waals surface area contributed by atoms with Crippen LogP contribution in [0.4, 0.5) is 0 Å². The van der Waals surface area contributed by atoms with Gasteiger partial charge < -0.3 is 9.36 Å². The van der Waals surface area contributed by atoms with Crippen molar-refractivity contribution in [1.82, 2.24) is 9.55 Å². The molecule has 4 heteroatoms. The van der Waals surface area contributed by atoms with Gasteiger partial charge in [-0.15, -0.1) is 0 Å². The molecule has 82 valence electrons. The number of halogens is 1. The van der Waals surface area contributed by atoms with Crippen LogP contribution in [0.25, 0.3) is 0 Å². The zero-order chi connectivity index (χ0) is 11.4. The van der Waals surface area contributed by atoms with Crippen molar-refractivity contribution in [3.63, 3.8) is 0 Å². The van der Waals surface area contributed by atoms with Gasteiger partial charge in [0, 0.05) is 23.8 Å². The minimum Gasteiger partial charge on any atom is -0.330 e. The van der Waals surface area contributed by atoms with E-state index in [1.165, 1.54) is 0 Å². The van der Waals surface area contributed by atoms with E-state index in [0.29, 0.717) is 11.4 Å². The van der Waals surface area contributed by atoms with E-state index < -0.39 is 0 Å². The second-order valence-corrected chi connectivity index (χ2v) is 3.92. The number of imidazole rings is 1. The van der Waals surface area contributed by atoms with Crippen LogP contribution in [0.5, 0.6) is 0 Å².